The van der Waals surface area contributed by atoms with E-state index in [1.165, 1.54) is 0 Å². The van der Waals surface area contributed by atoms with Crippen LogP contribution in [0.2, 0.25) is 0 Å². The summed E-state index contributed by atoms with van der Waals surface area (Å²) >= 11 is 0. The maximum absolute atomic E-state index is 12.1. The summed E-state index contributed by atoms with van der Waals surface area (Å²) in [5.74, 6) is 0.244. The van der Waals surface area contributed by atoms with Crippen LogP contribution in [0.25, 0.3) is 0 Å². The zero-order valence-electron chi connectivity index (χ0n) is 13.8. The predicted molar refractivity (Wildman–Crippen MR) is 84.5 cm³/mol. The van der Waals surface area contributed by atoms with E-state index >= 15 is 0 Å². The fourth-order valence-electron chi connectivity index (χ4n) is 3.75. The molecular formula is C16H29N3O3. The minimum absolute atomic E-state index is 0.0791. The summed E-state index contributed by atoms with van der Waals surface area (Å²) in [4.78, 5) is 28.1. The summed E-state index contributed by atoms with van der Waals surface area (Å²) < 4.78 is 4.98. The van der Waals surface area contributed by atoms with Gasteiger partial charge in [-0.25, -0.2) is 0 Å². The van der Waals surface area contributed by atoms with Gasteiger partial charge in [-0.2, -0.15) is 0 Å². The van der Waals surface area contributed by atoms with E-state index in [-0.39, 0.29) is 11.8 Å². The number of hydrogen-bond acceptors (Lipinski definition) is 4. The minimum Gasteiger partial charge on any atom is -0.385 e. The lowest BCUT2D eigenvalue weighted by atomic mass is 10.0. The van der Waals surface area contributed by atoms with E-state index < -0.39 is 0 Å². The SMILES string of the molecule is COCCCNC(=O)CN1CCC[C@@H]1[C@@H]1CCCN1C(C)=O. The predicted octanol–water partition coefficient (Wildman–Crippen LogP) is 0.614. The molecule has 2 aliphatic rings. The molecule has 0 saturated carbocycles. The Morgan fingerprint density at radius 2 is 1.91 bits per heavy atom. The number of carbonyl (C=O) groups is 2. The largest absolute Gasteiger partial charge is 0.385 e. The molecule has 0 aromatic heterocycles. The fraction of sp³-hybridized carbons (Fsp3) is 0.875. The molecule has 126 valence electrons. The summed E-state index contributed by atoms with van der Waals surface area (Å²) in [6.45, 7) is 5.25. The molecule has 2 heterocycles. The van der Waals surface area contributed by atoms with Crippen molar-refractivity contribution in [1.29, 1.82) is 0 Å². The van der Waals surface area contributed by atoms with Gasteiger partial charge in [-0.3, -0.25) is 14.5 Å². The van der Waals surface area contributed by atoms with E-state index in [0.29, 0.717) is 31.8 Å². The van der Waals surface area contributed by atoms with Gasteiger partial charge in [0.15, 0.2) is 0 Å². The number of amides is 2. The van der Waals surface area contributed by atoms with Crippen LogP contribution < -0.4 is 5.32 Å². The quantitative estimate of drug-likeness (QED) is 0.700. The number of rotatable bonds is 7. The highest BCUT2D eigenvalue weighted by molar-refractivity contribution is 5.78. The Bertz CT molecular complexity index is 389. The van der Waals surface area contributed by atoms with Crippen LogP contribution in [0, 0.1) is 0 Å². The van der Waals surface area contributed by atoms with Crippen molar-refractivity contribution in [3.63, 3.8) is 0 Å². The standard InChI is InChI=1S/C16H29N3O3/c1-13(20)19-10-4-7-15(19)14-6-3-9-18(14)12-16(21)17-8-5-11-22-2/h14-15H,3-12H2,1-2H3,(H,17,21)/t14-,15+/m1/s1. The van der Waals surface area contributed by atoms with Gasteiger partial charge in [0.25, 0.3) is 0 Å². The maximum atomic E-state index is 12.1. The molecule has 22 heavy (non-hydrogen) atoms. The van der Waals surface area contributed by atoms with Gasteiger partial charge in [0.05, 0.1) is 6.54 Å². The first-order valence-corrected chi connectivity index (χ1v) is 8.40. The molecule has 2 amide bonds. The van der Waals surface area contributed by atoms with E-state index in [4.69, 9.17) is 4.74 Å². The van der Waals surface area contributed by atoms with Crippen LogP contribution >= 0.6 is 0 Å². The van der Waals surface area contributed by atoms with Gasteiger partial charge in [0.1, 0.15) is 0 Å². The Morgan fingerprint density at radius 3 is 2.64 bits per heavy atom. The number of carbonyl (C=O) groups excluding carboxylic acids is 2. The third-order valence-corrected chi connectivity index (χ3v) is 4.76. The van der Waals surface area contributed by atoms with Crippen LogP contribution in [0.5, 0.6) is 0 Å². The molecule has 2 fully saturated rings. The Balaban J connectivity index is 1.82. The lowest BCUT2D eigenvalue weighted by Gasteiger charge is -2.34. The third-order valence-electron chi connectivity index (χ3n) is 4.76. The molecule has 2 aliphatic heterocycles. The molecule has 0 unspecified atom stereocenters. The second kappa shape index (κ2) is 8.48. The first kappa shape index (κ1) is 17.2. The van der Waals surface area contributed by atoms with Gasteiger partial charge < -0.3 is 15.0 Å². The van der Waals surface area contributed by atoms with E-state index in [1.807, 2.05) is 4.90 Å². The summed E-state index contributed by atoms with van der Waals surface area (Å²) in [6, 6.07) is 0.636. The van der Waals surface area contributed by atoms with Crippen LogP contribution in [-0.4, -0.2) is 73.6 Å². The van der Waals surface area contributed by atoms with Gasteiger partial charge in [0.2, 0.25) is 11.8 Å². The molecule has 0 spiro atoms. The van der Waals surface area contributed by atoms with Crippen molar-refractivity contribution >= 4 is 11.8 Å². The zero-order valence-corrected chi connectivity index (χ0v) is 13.8. The van der Waals surface area contributed by atoms with Crippen molar-refractivity contribution in [3.8, 4) is 0 Å². The maximum Gasteiger partial charge on any atom is 0.234 e. The van der Waals surface area contributed by atoms with Crippen molar-refractivity contribution in [1.82, 2.24) is 15.1 Å². The fourth-order valence-corrected chi connectivity index (χ4v) is 3.75. The van der Waals surface area contributed by atoms with E-state index in [0.717, 1.165) is 45.2 Å². The second-order valence-electron chi connectivity index (χ2n) is 6.30. The molecule has 2 atom stereocenters. The lowest BCUT2D eigenvalue weighted by molar-refractivity contribution is -0.130. The van der Waals surface area contributed by atoms with Crippen molar-refractivity contribution < 1.29 is 14.3 Å². The monoisotopic (exact) mass is 311 g/mol. The molecule has 6 heteroatoms. The lowest BCUT2D eigenvalue weighted by Crippen LogP contribution is -2.50. The Morgan fingerprint density at radius 1 is 1.18 bits per heavy atom. The smallest absolute Gasteiger partial charge is 0.234 e. The van der Waals surface area contributed by atoms with Crippen LogP contribution in [0.3, 0.4) is 0 Å². The molecule has 2 saturated heterocycles. The number of hydrogen-bond donors (Lipinski definition) is 1. The summed E-state index contributed by atoms with van der Waals surface area (Å²) in [5.41, 5.74) is 0. The van der Waals surface area contributed by atoms with Crippen molar-refractivity contribution in [2.45, 2.75) is 51.1 Å². The number of ether oxygens (including phenoxy) is 1. The first-order chi connectivity index (χ1) is 10.6. The van der Waals surface area contributed by atoms with Crippen LogP contribution in [0.1, 0.15) is 39.0 Å². The number of likely N-dealkylation sites (tertiary alicyclic amines) is 2. The van der Waals surface area contributed by atoms with Gasteiger partial charge >= 0.3 is 0 Å². The zero-order chi connectivity index (χ0) is 15.9. The highest BCUT2D eigenvalue weighted by Gasteiger charge is 2.39. The van der Waals surface area contributed by atoms with Gasteiger partial charge in [-0.15, -0.1) is 0 Å². The first-order valence-electron chi connectivity index (χ1n) is 8.40. The highest BCUT2D eigenvalue weighted by Crippen LogP contribution is 2.29. The van der Waals surface area contributed by atoms with Crippen molar-refractivity contribution in [3.05, 3.63) is 0 Å². The van der Waals surface area contributed by atoms with E-state index in [1.54, 1.807) is 14.0 Å². The molecule has 0 aromatic rings. The molecule has 0 aliphatic carbocycles. The third kappa shape index (κ3) is 4.43. The molecule has 0 aromatic carbocycles. The van der Waals surface area contributed by atoms with Crippen LogP contribution in [-0.2, 0) is 14.3 Å². The van der Waals surface area contributed by atoms with E-state index in [2.05, 4.69) is 10.2 Å². The van der Waals surface area contributed by atoms with Gasteiger partial charge in [-0.05, 0) is 38.6 Å². The summed E-state index contributed by atoms with van der Waals surface area (Å²) in [7, 11) is 1.67. The number of methoxy groups -OCH3 is 1. The Labute approximate surface area is 133 Å². The van der Waals surface area contributed by atoms with Crippen LogP contribution in [0.4, 0.5) is 0 Å². The Kier molecular flexibility index (Phi) is 6.64. The molecule has 0 bridgehead atoms. The van der Waals surface area contributed by atoms with Gasteiger partial charge in [-0.1, -0.05) is 0 Å². The Hall–Kier alpha value is -1.14. The molecular weight excluding hydrogens is 282 g/mol. The van der Waals surface area contributed by atoms with Crippen molar-refractivity contribution in [2.75, 3.05) is 39.9 Å². The number of nitrogens with one attached hydrogen (secondary N) is 1. The highest BCUT2D eigenvalue weighted by atomic mass is 16.5. The summed E-state index contributed by atoms with van der Waals surface area (Å²) in [6.07, 6.45) is 5.19. The average Bonchev–Trinajstić information content (AvgIpc) is 3.11. The molecule has 6 nitrogen and oxygen atoms in total. The normalized spacial score (nSPS) is 25.6. The molecule has 0 radical (unpaired) electrons. The van der Waals surface area contributed by atoms with E-state index in [9.17, 15) is 9.59 Å². The molecule has 2 rings (SSSR count). The topological polar surface area (TPSA) is 61.9 Å². The minimum atomic E-state index is 0.0791. The average molecular weight is 311 g/mol. The number of nitrogens with zero attached hydrogens (tertiary/aromatic N) is 2. The van der Waals surface area contributed by atoms with Gasteiger partial charge in [0, 0.05) is 45.8 Å². The van der Waals surface area contributed by atoms with Crippen molar-refractivity contribution in [2.24, 2.45) is 0 Å². The van der Waals surface area contributed by atoms with Crippen LogP contribution in [0.15, 0.2) is 0 Å². The second-order valence-corrected chi connectivity index (χ2v) is 6.30. The summed E-state index contributed by atoms with van der Waals surface area (Å²) in [5, 5.41) is 2.95. The molecule has 1 N–H and O–H groups in total.